The third-order valence-electron chi connectivity index (χ3n) is 6.86. The number of imidazole rings is 1. The maximum atomic E-state index is 13.3. The monoisotopic (exact) mass is 541 g/mol. The number of halogens is 1. The molecule has 1 atom stereocenters. The highest BCUT2D eigenvalue weighted by molar-refractivity contribution is 6.46. The highest BCUT2D eigenvalue weighted by atomic mass is 35.5. The summed E-state index contributed by atoms with van der Waals surface area (Å²) in [5, 5.41) is 11.8. The van der Waals surface area contributed by atoms with E-state index in [0.29, 0.717) is 48.0 Å². The van der Waals surface area contributed by atoms with Gasteiger partial charge in [-0.3, -0.25) is 9.59 Å². The van der Waals surface area contributed by atoms with Crippen LogP contribution in [-0.2, 0) is 22.7 Å². The summed E-state index contributed by atoms with van der Waals surface area (Å²) in [5.41, 5.74) is 3.34. The molecular weight excluding hydrogens is 514 g/mol. The van der Waals surface area contributed by atoms with Crippen molar-refractivity contribution in [2.45, 2.75) is 32.5 Å². The van der Waals surface area contributed by atoms with Crippen LogP contribution in [0.1, 0.15) is 34.7 Å². The van der Waals surface area contributed by atoms with Gasteiger partial charge in [0.2, 0.25) is 0 Å². The van der Waals surface area contributed by atoms with Gasteiger partial charge in [-0.2, -0.15) is 0 Å². The number of aliphatic hydroxyl groups is 1. The van der Waals surface area contributed by atoms with E-state index in [-0.39, 0.29) is 11.3 Å². The lowest BCUT2D eigenvalue weighted by Gasteiger charge is -2.25. The molecule has 1 aliphatic rings. The lowest BCUT2D eigenvalue weighted by molar-refractivity contribution is -0.139. The number of ketones is 1. The van der Waals surface area contributed by atoms with E-state index in [9.17, 15) is 14.7 Å². The SMILES string of the molecule is Cc1ccccc1COc1ccc(C(O)=C2C(=O)C(=O)N(CCCn3ccnc3)C2c2cccc(Cl)c2)cc1. The van der Waals surface area contributed by atoms with E-state index in [1.54, 1.807) is 61.1 Å². The van der Waals surface area contributed by atoms with Crippen molar-refractivity contribution in [1.29, 1.82) is 0 Å². The van der Waals surface area contributed by atoms with Crippen LogP contribution in [0.4, 0.5) is 0 Å². The Morgan fingerprint density at radius 2 is 1.82 bits per heavy atom. The van der Waals surface area contributed by atoms with Crippen molar-refractivity contribution in [3.05, 3.63) is 124 Å². The molecule has 1 amide bonds. The maximum Gasteiger partial charge on any atom is 0.295 e. The van der Waals surface area contributed by atoms with Crippen LogP contribution in [0.15, 0.2) is 97.1 Å². The molecule has 1 aliphatic heterocycles. The number of rotatable bonds is 9. The summed E-state index contributed by atoms with van der Waals surface area (Å²) >= 11 is 6.27. The van der Waals surface area contributed by atoms with Gasteiger partial charge in [0.25, 0.3) is 11.7 Å². The van der Waals surface area contributed by atoms with E-state index in [0.717, 1.165) is 11.1 Å². The molecule has 198 valence electrons. The number of aryl methyl sites for hydroxylation is 2. The minimum atomic E-state index is -0.761. The summed E-state index contributed by atoms with van der Waals surface area (Å²) in [6.07, 6.45) is 5.85. The highest BCUT2D eigenvalue weighted by Crippen LogP contribution is 2.40. The molecule has 8 heteroatoms. The van der Waals surface area contributed by atoms with Crippen molar-refractivity contribution in [3.8, 4) is 5.75 Å². The molecule has 0 spiro atoms. The van der Waals surface area contributed by atoms with E-state index in [4.69, 9.17) is 16.3 Å². The van der Waals surface area contributed by atoms with Gasteiger partial charge in [-0.1, -0.05) is 48.0 Å². The molecule has 5 rings (SSSR count). The fourth-order valence-electron chi connectivity index (χ4n) is 4.77. The number of aromatic nitrogens is 2. The Balaban J connectivity index is 1.42. The first-order valence-electron chi connectivity index (χ1n) is 12.7. The minimum Gasteiger partial charge on any atom is -0.507 e. The van der Waals surface area contributed by atoms with Crippen molar-refractivity contribution >= 4 is 29.1 Å². The highest BCUT2D eigenvalue weighted by Gasteiger charge is 2.45. The molecule has 0 aliphatic carbocycles. The summed E-state index contributed by atoms with van der Waals surface area (Å²) < 4.78 is 7.83. The number of hydrogen-bond donors (Lipinski definition) is 1. The normalized spacial score (nSPS) is 16.6. The van der Waals surface area contributed by atoms with Crippen LogP contribution in [0.2, 0.25) is 5.02 Å². The second kappa shape index (κ2) is 11.6. The van der Waals surface area contributed by atoms with Gasteiger partial charge in [0, 0.05) is 36.1 Å². The lowest BCUT2D eigenvalue weighted by Crippen LogP contribution is -2.31. The van der Waals surface area contributed by atoms with Crippen LogP contribution in [0.25, 0.3) is 5.76 Å². The Bertz CT molecular complexity index is 1510. The second-order valence-electron chi connectivity index (χ2n) is 9.44. The van der Waals surface area contributed by atoms with E-state index in [1.165, 1.54) is 4.90 Å². The predicted molar refractivity (Wildman–Crippen MR) is 149 cm³/mol. The zero-order valence-electron chi connectivity index (χ0n) is 21.5. The average molecular weight is 542 g/mol. The number of carbonyl (C=O) groups excluding carboxylic acids is 2. The Hall–Kier alpha value is -4.36. The van der Waals surface area contributed by atoms with Crippen LogP contribution in [0, 0.1) is 6.92 Å². The first-order valence-corrected chi connectivity index (χ1v) is 13.1. The molecule has 0 saturated carbocycles. The summed E-state index contributed by atoms with van der Waals surface area (Å²) in [5.74, 6) is -0.979. The fraction of sp³-hybridized carbons (Fsp3) is 0.194. The van der Waals surface area contributed by atoms with Gasteiger partial charge in [0.15, 0.2) is 0 Å². The minimum absolute atomic E-state index is 0.0403. The van der Waals surface area contributed by atoms with Crippen LogP contribution in [-0.4, -0.2) is 37.8 Å². The number of likely N-dealkylation sites (tertiary alicyclic amines) is 1. The zero-order valence-corrected chi connectivity index (χ0v) is 22.2. The summed E-state index contributed by atoms with van der Waals surface area (Å²) in [4.78, 5) is 32.0. The Kier molecular flexibility index (Phi) is 7.79. The van der Waals surface area contributed by atoms with E-state index in [2.05, 4.69) is 4.98 Å². The molecule has 39 heavy (non-hydrogen) atoms. The largest absolute Gasteiger partial charge is 0.507 e. The molecule has 2 heterocycles. The number of nitrogens with zero attached hydrogens (tertiary/aromatic N) is 3. The average Bonchev–Trinajstić information content (AvgIpc) is 3.55. The number of carbonyl (C=O) groups is 2. The number of amides is 1. The smallest absolute Gasteiger partial charge is 0.295 e. The Labute approximate surface area is 231 Å². The predicted octanol–water partition coefficient (Wildman–Crippen LogP) is 5.94. The molecule has 1 unspecified atom stereocenters. The molecule has 1 saturated heterocycles. The van der Waals surface area contributed by atoms with Crippen molar-refractivity contribution in [2.24, 2.45) is 0 Å². The molecule has 1 N–H and O–H groups in total. The van der Waals surface area contributed by atoms with Crippen LogP contribution in [0.3, 0.4) is 0 Å². The third kappa shape index (κ3) is 5.73. The first-order chi connectivity index (χ1) is 18.9. The van der Waals surface area contributed by atoms with Gasteiger partial charge in [-0.25, -0.2) is 4.98 Å². The number of benzene rings is 3. The number of ether oxygens (including phenoxy) is 1. The Morgan fingerprint density at radius 1 is 1.03 bits per heavy atom. The topological polar surface area (TPSA) is 84.7 Å². The van der Waals surface area contributed by atoms with Gasteiger partial charge < -0.3 is 19.3 Å². The standard InChI is InChI=1S/C31H28ClN3O4/c1-21-6-2-3-7-24(21)19-39-26-12-10-22(11-13-26)29(36)27-28(23-8-4-9-25(32)18-23)35(31(38)30(27)37)16-5-15-34-17-14-33-20-34/h2-4,6-14,17-18,20,28,36H,5,15-16,19H2,1H3. The molecule has 4 aromatic rings. The van der Waals surface area contributed by atoms with Gasteiger partial charge in [-0.05, 0) is 66.4 Å². The van der Waals surface area contributed by atoms with Gasteiger partial charge >= 0.3 is 0 Å². The molecular formula is C31H28ClN3O4. The van der Waals surface area contributed by atoms with Crippen LogP contribution >= 0.6 is 11.6 Å². The van der Waals surface area contributed by atoms with Gasteiger partial charge in [0.1, 0.15) is 18.1 Å². The van der Waals surface area contributed by atoms with Crippen molar-refractivity contribution in [2.75, 3.05) is 6.54 Å². The first kappa shape index (κ1) is 26.3. The van der Waals surface area contributed by atoms with Crippen LogP contribution < -0.4 is 4.74 Å². The third-order valence-corrected chi connectivity index (χ3v) is 7.10. The summed E-state index contributed by atoms with van der Waals surface area (Å²) in [6, 6.07) is 21.1. The molecule has 0 bridgehead atoms. The maximum absolute atomic E-state index is 13.3. The van der Waals surface area contributed by atoms with E-state index in [1.807, 2.05) is 42.0 Å². The fourth-order valence-corrected chi connectivity index (χ4v) is 4.97. The number of hydrogen-bond acceptors (Lipinski definition) is 5. The van der Waals surface area contributed by atoms with Crippen molar-refractivity contribution in [3.63, 3.8) is 0 Å². The van der Waals surface area contributed by atoms with Crippen molar-refractivity contribution in [1.82, 2.24) is 14.5 Å². The van der Waals surface area contributed by atoms with Crippen LogP contribution in [0.5, 0.6) is 5.75 Å². The zero-order chi connectivity index (χ0) is 27.4. The molecule has 7 nitrogen and oxygen atoms in total. The second-order valence-corrected chi connectivity index (χ2v) is 9.88. The van der Waals surface area contributed by atoms with Gasteiger partial charge in [-0.15, -0.1) is 0 Å². The summed E-state index contributed by atoms with van der Waals surface area (Å²) in [7, 11) is 0. The van der Waals surface area contributed by atoms with E-state index >= 15 is 0 Å². The molecule has 3 aromatic carbocycles. The quantitative estimate of drug-likeness (QED) is 0.161. The molecule has 1 aromatic heterocycles. The van der Waals surface area contributed by atoms with Crippen molar-refractivity contribution < 1.29 is 19.4 Å². The molecule has 0 radical (unpaired) electrons. The number of Topliss-reactive ketones (excluding diaryl/α,β-unsaturated/α-hetero) is 1. The Morgan fingerprint density at radius 3 is 2.54 bits per heavy atom. The van der Waals surface area contributed by atoms with Gasteiger partial charge in [0.05, 0.1) is 17.9 Å². The lowest BCUT2D eigenvalue weighted by atomic mass is 9.95. The number of aliphatic hydroxyl groups excluding tert-OH is 1. The molecule has 1 fully saturated rings. The summed E-state index contributed by atoms with van der Waals surface area (Å²) in [6.45, 7) is 3.40. The van der Waals surface area contributed by atoms with E-state index < -0.39 is 17.7 Å².